The Morgan fingerprint density at radius 2 is 0.660 bits per heavy atom. The first kappa shape index (κ1) is 20.0. The smallest absolute Gasteiger partial charge is 0.0629 e. The van der Waals surface area contributed by atoms with E-state index < -0.39 is 12.1 Å². The predicted octanol–water partition coefficient (Wildman–Crippen LogP) is 12.9. The average molecular weight is 647 g/mol. The van der Waals surface area contributed by atoms with E-state index in [0.717, 1.165) is 66.1 Å². The SMILES string of the molecule is [2H]c1c([2H])c([2H])c(-c2ccc(-n3c4ccccc4c4cc(-c5ccc6c(c5)c5ccccc5n6-c5ccc(-c6c([2H])c([2H])c([2H])c([2H])c6[2H])cc5)ccc43)cc2)c([2H])c1[2H]. The lowest BCUT2D eigenvalue weighted by Gasteiger charge is -2.11. The predicted molar refractivity (Wildman–Crippen MR) is 211 cm³/mol. The van der Waals surface area contributed by atoms with Crippen molar-refractivity contribution in [1.82, 2.24) is 9.13 Å². The van der Waals surface area contributed by atoms with Crippen LogP contribution in [0.15, 0.2) is 194 Å². The van der Waals surface area contributed by atoms with Crippen molar-refractivity contribution >= 4 is 43.6 Å². The quantitative estimate of drug-likeness (QED) is 0.176. The summed E-state index contributed by atoms with van der Waals surface area (Å²) in [7, 11) is 0. The molecule has 0 spiro atoms. The molecule has 2 nitrogen and oxygen atoms in total. The van der Waals surface area contributed by atoms with Crippen molar-refractivity contribution in [2.75, 3.05) is 0 Å². The third-order valence-electron chi connectivity index (χ3n) is 9.51. The Morgan fingerprint density at radius 1 is 0.300 bits per heavy atom. The zero-order valence-electron chi connectivity index (χ0n) is 36.6. The zero-order valence-corrected chi connectivity index (χ0v) is 26.6. The normalized spacial score (nSPS) is 14.4. The van der Waals surface area contributed by atoms with E-state index in [-0.39, 0.29) is 59.5 Å². The molecule has 0 aliphatic heterocycles. The molecule has 0 atom stereocenters. The lowest BCUT2D eigenvalue weighted by Crippen LogP contribution is -1.94. The summed E-state index contributed by atoms with van der Waals surface area (Å²) in [6.07, 6.45) is 0. The molecule has 234 valence electrons. The van der Waals surface area contributed by atoms with Crippen LogP contribution >= 0.6 is 0 Å². The maximum absolute atomic E-state index is 8.46. The average Bonchev–Trinajstić information content (AvgIpc) is 3.79. The molecule has 2 heteroatoms. The molecule has 0 saturated heterocycles. The van der Waals surface area contributed by atoms with Gasteiger partial charge in [0.05, 0.1) is 35.8 Å². The van der Waals surface area contributed by atoms with Gasteiger partial charge in [-0.1, -0.05) is 133 Å². The standard InChI is InChI=1S/C48H32N2/c1-3-11-33(12-4-1)35-19-25-39(26-20-35)49-45-17-9-7-15-41(45)43-31-37(23-29-47(43)49)38-24-30-48-44(32-38)42-16-8-10-18-46(42)50(48)40-27-21-36(22-28-40)34-13-5-2-6-14-34/h1-32H/i1D,2D,3D,4D,5D,6D,11D,12D,13D,14D. The van der Waals surface area contributed by atoms with Gasteiger partial charge in [-0.25, -0.2) is 0 Å². The van der Waals surface area contributed by atoms with Crippen LogP contribution in [0.25, 0.3) is 88.4 Å². The Morgan fingerprint density at radius 3 is 1.08 bits per heavy atom. The minimum Gasteiger partial charge on any atom is -0.309 e. The van der Waals surface area contributed by atoms with Crippen LogP contribution in [0.5, 0.6) is 0 Å². The molecule has 10 rings (SSSR count). The first-order valence-corrected chi connectivity index (χ1v) is 16.4. The number of aromatic nitrogens is 2. The third kappa shape index (κ3) is 4.57. The van der Waals surface area contributed by atoms with E-state index in [1.54, 1.807) is 24.3 Å². The van der Waals surface area contributed by atoms with E-state index in [0.29, 0.717) is 11.1 Å². The minimum absolute atomic E-state index is 0.171. The van der Waals surface area contributed by atoms with E-state index in [1.165, 1.54) is 0 Å². The molecule has 0 fully saturated rings. The molecule has 0 radical (unpaired) electrons. The Kier molecular flexibility index (Phi) is 4.60. The molecule has 8 aromatic carbocycles. The van der Waals surface area contributed by atoms with Crippen molar-refractivity contribution < 1.29 is 13.7 Å². The van der Waals surface area contributed by atoms with Gasteiger partial charge in [-0.2, -0.15) is 0 Å². The van der Waals surface area contributed by atoms with Crippen LogP contribution in [0.2, 0.25) is 0 Å². The molecule has 0 bridgehead atoms. The number of hydrogen-bond donors (Lipinski definition) is 0. The van der Waals surface area contributed by atoms with Crippen LogP contribution in [-0.4, -0.2) is 9.13 Å². The van der Waals surface area contributed by atoms with Crippen molar-refractivity contribution in [3.8, 4) is 44.8 Å². The summed E-state index contributed by atoms with van der Waals surface area (Å²) in [5.74, 6) is 0. The van der Waals surface area contributed by atoms with Gasteiger partial charge in [-0.05, 0) is 94.0 Å². The third-order valence-corrected chi connectivity index (χ3v) is 9.51. The molecule has 10 aromatic rings. The molecule has 50 heavy (non-hydrogen) atoms. The Balaban J connectivity index is 1.06. The molecule has 0 saturated carbocycles. The highest BCUT2D eigenvalue weighted by atomic mass is 15.0. The highest BCUT2D eigenvalue weighted by Crippen LogP contribution is 2.38. The second-order valence-corrected chi connectivity index (χ2v) is 12.3. The van der Waals surface area contributed by atoms with Crippen LogP contribution in [0.1, 0.15) is 13.7 Å². The monoisotopic (exact) mass is 646 g/mol. The van der Waals surface area contributed by atoms with Gasteiger partial charge >= 0.3 is 0 Å². The van der Waals surface area contributed by atoms with Gasteiger partial charge in [0.25, 0.3) is 0 Å². The Hall–Kier alpha value is -6.64. The molecule has 2 aromatic heterocycles. The summed E-state index contributed by atoms with van der Waals surface area (Å²) in [5.41, 5.74) is 9.29. The summed E-state index contributed by atoms with van der Waals surface area (Å²) in [6.45, 7) is 0. The first-order chi connectivity index (χ1) is 28.9. The zero-order chi connectivity index (χ0) is 41.7. The van der Waals surface area contributed by atoms with Crippen molar-refractivity contribution in [3.63, 3.8) is 0 Å². The Bertz CT molecular complexity index is 3130. The van der Waals surface area contributed by atoms with Crippen LogP contribution in [0.3, 0.4) is 0 Å². The van der Waals surface area contributed by atoms with Crippen LogP contribution in [0, 0.1) is 0 Å². The molecule has 0 aliphatic rings. The number of rotatable bonds is 5. The number of nitrogens with zero attached hydrogens (tertiary/aromatic N) is 2. The van der Waals surface area contributed by atoms with Crippen LogP contribution < -0.4 is 0 Å². The first-order valence-electron chi connectivity index (χ1n) is 21.4. The number of benzene rings is 8. The van der Waals surface area contributed by atoms with Crippen LogP contribution in [0.4, 0.5) is 0 Å². The lowest BCUT2D eigenvalue weighted by atomic mass is 10.0. The van der Waals surface area contributed by atoms with Crippen molar-refractivity contribution in [3.05, 3.63) is 194 Å². The summed E-state index contributed by atoms with van der Waals surface area (Å²) < 4.78 is 86.7. The molecule has 0 aliphatic carbocycles. The highest BCUT2D eigenvalue weighted by molar-refractivity contribution is 6.12. The number of para-hydroxylation sites is 2. The highest BCUT2D eigenvalue weighted by Gasteiger charge is 2.16. The number of fused-ring (bicyclic) bond motifs is 6. The number of hydrogen-bond acceptors (Lipinski definition) is 0. The van der Waals surface area contributed by atoms with Gasteiger partial charge < -0.3 is 9.13 Å². The van der Waals surface area contributed by atoms with Crippen LogP contribution in [-0.2, 0) is 0 Å². The van der Waals surface area contributed by atoms with Crippen molar-refractivity contribution in [2.24, 2.45) is 0 Å². The van der Waals surface area contributed by atoms with Gasteiger partial charge in [0, 0.05) is 32.9 Å². The molecular formula is C48H32N2. The summed E-state index contributed by atoms with van der Waals surface area (Å²) in [4.78, 5) is 0. The molecule has 0 unspecified atom stereocenters. The van der Waals surface area contributed by atoms with E-state index in [9.17, 15) is 0 Å². The van der Waals surface area contributed by atoms with Gasteiger partial charge in [0.15, 0.2) is 0 Å². The summed E-state index contributed by atoms with van der Waals surface area (Å²) >= 11 is 0. The molecule has 0 N–H and O–H groups in total. The second kappa shape index (κ2) is 11.5. The fourth-order valence-electron chi connectivity index (χ4n) is 7.20. The van der Waals surface area contributed by atoms with Gasteiger partial charge in [0.2, 0.25) is 0 Å². The maximum atomic E-state index is 8.46. The van der Waals surface area contributed by atoms with Gasteiger partial charge in [0.1, 0.15) is 0 Å². The molecular weight excluding hydrogens is 605 g/mol. The van der Waals surface area contributed by atoms with Gasteiger partial charge in [-0.15, -0.1) is 0 Å². The summed E-state index contributed by atoms with van der Waals surface area (Å²) in [6, 6.07) is 41.1. The fraction of sp³-hybridized carbons (Fsp3) is 0. The van der Waals surface area contributed by atoms with E-state index >= 15 is 0 Å². The topological polar surface area (TPSA) is 9.86 Å². The van der Waals surface area contributed by atoms with E-state index in [4.69, 9.17) is 13.7 Å². The second-order valence-electron chi connectivity index (χ2n) is 12.3. The maximum Gasteiger partial charge on any atom is 0.0629 e. The largest absolute Gasteiger partial charge is 0.309 e. The molecule has 2 heterocycles. The fourth-order valence-corrected chi connectivity index (χ4v) is 7.20. The van der Waals surface area contributed by atoms with E-state index in [1.807, 2.05) is 48.5 Å². The Labute approximate surface area is 304 Å². The molecule has 0 amide bonds. The minimum atomic E-state index is -0.414. The van der Waals surface area contributed by atoms with Gasteiger partial charge in [-0.3, -0.25) is 0 Å². The van der Waals surface area contributed by atoms with E-state index in [2.05, 4.69) is 69.8 Å². The summed E-state index contributed by atoms with van der Waals surface area (Å²) in [5, 5.41) is 4.29. The van der Waals surface area contributed by atoms with Crippen molar-refractivity contribution in [1.29, 1.82) is 0 Å². The lowest BCUT2D eigenvalue weighted by molar-refractivity contribution is 1.18. The van der Waals surface area contributed by atoms with Crippen molar-refractivity contribution in [2.45, 2.75) is 0 Å².